The van der Waals surface area contributed by atoms with Crippen LogP contribution < -0.4 is 5.56 Å². The molecular formula is C37H40F4N4O2S. The second kappa shape index (κ2) is 15.5. The zero-order chi connectivity index (χ0) is 35.3. The Morgan fingerprint density at radius 2 is 1.58 bits per heavy atom. The lowest BCUT2D eigenvalue weighted by Gasteiger charge is -2.33. The number of rotatable bonds is 13. The van der Waals surface area contributed by atoms with Crippen molar-refractivity contribution in [2.24, 2.45) is 0 Å². The molecule has 1 amide bonds. The predicted molar refractivity (Wildman–Crippen MR) is 181 cm³/mol. The molecule has 1 aromatic heterocycles. The first-order valence-corrected chi connectivity index (χ1v) is 17.1. The van der Waals surface area contributed by atoms with E-state index in [0.717, 1.165) is 42.9 Å². The predicted octanol–water partition coefficient (Wildman–Crippen LogP) is 7.78. The van der Waals surface area contributed by atoms with Gasteiger partial charge in [0.2, 0.25) is 5.91 Å². The highest BCUT2D eigenvalue weighted by Crippen LogP contribution is 2.32. The average Bonchev–Trinajstić information content (AvgIpc) is 3.59. The van der Waals surface area contributed by atoms with Crippen LogP contribution in [0.1, 0.15) is 62.5 Å². The van der Waals surface area contributed by atoms with E-state index in [1.54, 1.807) is 48.2 Å². The number of benzene rings is 3. The number of fused-ring (bicyclic) bond motifs is 1. The molecule has 0 saturated heterocycles. The summed E-state index contributed by atoms with van der Waals surface area (Å²) in [5.74, 6) is -0.226. The second-order valence-corrected chi connectivity index (χ2v) is 12.7. The van der Waals surface area contributed by atoms with E-state index in [4.69, 9.17) is 0 Å². The maximum Gasteiger partial charge on any atom is 0.416 e. The van der Waals surface area contributed by atoms with Crippen LogP contribution in [-0.2, 0) is 36.1 Å². The minimum absolute atomic E-state index is 0.113. The average molecular weight is 682 g/mol. The summed E-state index contributed by atoms with van der Waals surface area (Å²) in [7, 11) is 0. The summed E-state index contributed by atoms with van der Waals surface area (Å²) in [4.78, 5) is 35.5. The lowest BCUT2D eigenvalue weighted by Crippen LogP contribution is -2.42. The van der Waals surface area contributed by atoms with Crippen molar-refractivity contribution in [1.82, 2.24) is 19.4 Å². The van der Waals surface area contributed by atoms with E-state index in [-0.39, 0.29) is 30.4 Å². The van der Waals surface area contributed by atoms with E-state index in [0.29, 0.717) is 52.5 Å². The molecule has 48 heavy (non-hydrogen) atoms. The standard InChI is InChI=1S/C37H40F4N4O2S/c1-4-43(5-2)21-22-44(25(3)27-11-13-28(14-12-27)29-15-17-30(18-16-29)37(39,40)41)34(46)23-45-33-8-6-7-32(33)35(47)42-36(45)48-24-26-9-19-31(38)20-10-26/h9-20,25H,4-8,21-24H2,1-3H3/i25D. The highest BCUT2D eigenvalue weighted by atomic mass is 32.2. The van der Waals surface area contributed by atoms with E-state index in [2.05, 4.69) is 9.88 Å². The Morgan fingerprint density at radius 3 is 2.19 bits per heavy atom. The number of hydrogen-bond acceptors (Lipinski definition) is 5. The number of nitrogens with zero attached hydrogens (tertiary/aromatic N) is 4. The minimum Gasteiger partial charge on any atom is -0.333 e. The summed E-state index contributed by atoms with van der Waals surface area (Å²) in [5, 5.41) is 0.402. The van der Waals surface area contributed by atoms with Crippen LogP contribution in [0.15, 0.2) is 82.7 Å². The lowest BCUT2D eigenvalue weighted by molar-refractivity contribution is -0.137. The van der Waals surface area contributed by atoms with Crippen LogP contribution in [0.5, 0.6) is 0 Å². The summed E-state index contributed by atoms with van der Waals surface area (Å²) in [6.07, 6.45) is -2.43. The molecule has 1 aliphatic carbocycles. The molecule has 0 radical (unpaired) electrons. The van der Waals surface area contributed by atoms with E-state index < -0.39 is 17.8 Å². The number of hydrogen-bond donors (Lipinski definition) is 0. The third-order valence-corrected chi connectivity index (χ3v) is 9.91. The molecule has 254 valence electrons. The third kappa shape index (κ3) is 8.36. The van der Waals surface area contributed by atoms with Gasteiger partial charge in [0.1, 0.15) is 12.4 Å². The molecule has 11 heteroatoms. The molecular weight excluding hydrogens is 640 g/mol. The molecule has 0 spiro atoms. The Hall–Kier alpha value is -3.96. The van der Waals surface area contributed by atoms with E-state index in [1.165, 1.54) is 36.0 Å². The van der Waals surface area contributed by atoms with E-state index >= 15 is 0 Å². The largest absolute Gasteiger partial charge is 0.416 e. The van der Waals surface area contributed by atoms with Crippen LogP contribution in [0.4, 0.5) is 17.6 Å². The van der Waals surface area contributed by atoms with Gasteiger partial charge in [-0.25, -0.2) is 4.39 Å². The first-order chi connectivity index (χ1) is 23.3. The molecule has 0 N–H and O–H groups in total. The molecule has 4 aromatic rings. The fraction of sp³-hybridized carbons (Fsp3) is 0.378. The first kappa shape index (κ1) is 33.9. The Morgan fingerprint density at radius 1 is 0.958 bits per heavy atom. The summed E-state index contributed by atoms with van der Waals surface area (Å²) < 4.78 is 64.1. The molecule has 1 atom stereocenters. The lowest BCUT2D eigenvalue weighted by atomic mass is 9.99. The molecule has 3 aromatic carbocycles. The van der Waals surface area contributed by atoms with Crippen molar-refractivity contribution in [3.8, 4) is 11.1 Å². The molecule has 1 heterocycles. The summed E-state index contributed by atoms with van der Waals surface area (Å²) in [5.41, 5.74) is 3.05. The van der Waals surface area contributed by atoms with Gasteiger partial charge in [-0.1, -0.05) is 74.1 Å². The highest BCUT2D eigenvalue weighted by molar-refractivity contribution is 7.98. The normalized spacial score (nSPS) is 14.5. The number of halogens is 4. The van der Waals surface area contributed by atoms with Gasteiger partial charge >= 0.3 is 6.18 Å². The van der Waals surface area contributed by atoms with Crippen LogP contribution in [0, 0.1) is 5.82 Å². The van der Waals surface area contributed by atoms with Gasteiger partial charge in [0, 0.05) is 30.1 Å². The molecule has 0 bridgehead atoms. The van der Waals surface area contributed by atoms with E-state index in [9.17, 15) is 28.5 Å². The Bertz CT molecular complexity index is 1810. The smallest absolute Gasteiger partial charge is 0.333 e. The van der Waals surface area contributed by atoms with Gasteiger partial charge in [0.25, 0.3) is 5.56 Å². The molecule has 1 aliphatic rings. The van der Waals surface area contributed by atoms with Gasteiger partial charge in [-0.15, -0.1) is 0 Å². The van der Waals surface area contributed by atoms with Gasteiger partial charge in [0.05, 0.1) is 13.0 Å². The van der Waals surface area contributed by atoms with Crippen molar-refractivity contribution < 1.29 is 23.7 Å². The van der Waals surface area contributed by atoms with Gasteiger partial charge in [-0.3, -0.25) is 9.59 Å². The number of carbonyl (C=O) groups is 1. The fourth-order valence-corrected chi connectivity index (χ4v) is 6.95. The van der Waals surface area contributed by atoms with Crippen molar-refractivity contribution in [3.63, 3.8) is 0 Å². The van der Waals surface area contributed by atoms with Crippen molar-refractivity contribution in [2.45, 2.75) is 69.7 Å². The number of aromatic nitrogens is 2. The molecule has 1 unspecified atom stereocenters. The van der Waals surface area contributed by atoms with Crippen LogP contribution in [0.25, 0.3) is 11.1 Å². The maximum atomic E-state index is 14.4. The van der Waals surface area contributed by atoms with Crippen molar-refractivity contribution >= 4 is 17.7 Å². The molecule has 0 aliphatic heterocycles. The molecule has 0 fully saturated rings. The number of thioether (sulfide) groups is 1. The number of alkyl halides is 3. The fourth-order valence-electron chi connectivity index (χ4n) is 5.98. The van der Waals surface area contributed by atoms with Gasteiger partial charge in [-0.2, -0.15) is 18.2 Å². The molecule has 0 saturated carbocycles. The van der Waals surface area contributed by atoms with Crippen molar-refractivity contribution in [2.75, 3.05) is 26.2 Å². The summed E-state index contributed by atoms with van der Waals surface area (Å²) >= 11 is 1.31. The topological polar surface area (TPSA) is 58.4 Å². The van der Waals surface area contributed by atoms with Crippen LogP contribution >= 0.6 is 11.8 Å². The number of carbonyl (C=O) groups excluding carboxylic acids is 1. The van der Waals surface area contributed by atoms with E-state index in [1.807, 2.05) is 18.4 Å². The Kier molecular flexibility index (Phi) is 11.0. The van der Waals surface area contributed by atoms with Crippen molar-refractivity contribution in [3.05, 3.63) is 117 Å². The zero-order valence-corrected chi connectivity index (χ0v) is 28.1. The SMILES string of the molecule is [2H]C(C)(c1ccc(-c2ccc(C(F)(F)F)cc2)cc1)N(CCN(CC)CC)C(=O)Cn1c(SCc2ccc(F)cc2)nc(=O)c2c1CCC2. The number of amides is 1. The van der Waals surface area contributed by atoms with Gasteiger partial charge in [0.15, 0.2) is 5.16 Å². The monoisotopic (exact) mass is 681 g/mol. The Labute approximate surface area is 284 Å². The minimum atomic E-state index is -4.43. The third-order valence-electron chi connectivity index (χ3n) is 8.86. The second-order valence-electron chi connectivity index (χ2n) is 11.8. The summed E-state index contributed by atoms with van der Waals surface area (Å²) in [6.45, 7) is 7.99. The molecule has 6 nitrogen and oxygen atoms in total. The summed E-state index contributed by atoms with van der Waals surface area (Å²) in [6, 6.07) is 16.5. The Balaban J connectivity index is 1.45. The number of likely N-dealkylation sites (N-methyl/N-ethyl adjacent to an activating group) is 1. The van der Waals surface area contributed by atoms with Crippen LogP contribution in [0.2, 0.25) is 0 Å². The van der Waals surface area contributed by atoms with Crippen molar-refractivity contribution in [1.29, 1.82) is 0 Å². The van der Waals surface area contributed by atoms with Crippen LogP contribution in [-0.4, -0.2) is 51.4 Å². The van der Waals surface area contributed by atoms with Crippen LogP contribution in [0.3, 0.4) is 0 Å². The first-order valence-electron chi connectivity index (χ1n) is 16.6. The van der Waals surface area contributed by atoms with Gasteiger partial charge < -0.3 is 14.4 Å². The maximum absolute atomic E-state index is 14.4. The zero-order valence-electron chi connectivity index (χ0n) is 28.3. The highest BCUT2D eigenvalue weighted by Gasteiger charge is 2.30. The molecule has 5 rings (SSSR count). The quantitative estimate of drug-likeness (QED) is 0.0820. The van der Waals surface area contributed by atoms with Gasteiger partial charge in [-0.05, 0) is 85.8 Å².